The van der Waals surface area contributed by atoms with E-state index in [1.807, 2.05) is 20.8 Å². The predicted molar refractivity (Wildman–Crippen MR) is 176 cm³/mol. The summed E-state index contributed by atoms with van der Waals surface area (Å²) in [6.45, 7) is 14.6. The molecule has 4 saturated carbocycles. The molecule has 1 saturated heterocycles. The minimum Gasteiger partial charge on any atom is -0.459 e. The summed E-state index contributed by atoms with van der Waals surface area (Å²) in [5, 5.41) is 0. The van der Waals surface area contributed by atoms with E-state index in [0.717, 1.165) is 0 Å². The van der Waals surface area contributed by atoms with Crippen molar-refractivity contribution in [1.29, 1.82) is 0 Å². The van der Waals surface area contributed by atoms with E-state index in [1.165, 1.54) is 33.2 Å². The van der Waals surface area contributed by atoms with Gasteiger partial charge < -0.3 is 28.4 Å². The van der Waals surface area contributed by atoms with E-state index in [2.05, 4.69) is 4.98 Å². The molecule has 2 bridgehead atoms. The minimum atomic E-state index is -1.59. The van der Waals surface area contributed by atoms with Gasteiger partial charge in [-0.15, -0.1) is 0 Å². The van der Waals surface area contributed by atoms with Crippen LogP contribution in [0.3, 0.4) is 0 Å². The van der Waals surface area contributed by atoms with Crippen LogP contribution in [0.25, 0.3) is 0 Å². The van der Waals surface area contributed by atoms with E-state index in [0.29, 0.717) is 0 Å². The second kappa shape index (κ2) is 12.7. The van der Waals surface area contributed by atoms with Gasteiger partial charge in [0.05, 0.1) is 23.5 Å². The summed E-state index contributed by atoms with van der Waals surface area (Å²) in [5.74, 6) is -7.06. The molecular weight excluding hydrogens is 662 g/mol. The number of aromatic nitrogens is 1. The third kappa shape index (κ3) is 5.65. The molecule has 0 N–H and O–H groups in total. The van der Waals surface area contributed by atoms with E-state index in [9.17, 15) is 24.0 Å². The van der Waals surface area contributed by atoms with Crippen LogP contribution in [0.5, 0.6) is 0 Å². The summed E-state index contributed by atoms with van der Waals surface area (Å²) in [6.07, 6.45) is -0.0702. The van der Waals surface area contributed by atoms with Crippen LogP contribution in [0.2, 0.25) is 0 Å². The van der Waals surface area contributed by atoms with Crippen LogP contribution in [0.15, 0.2) is 24.5 Å². The Hall–Kier alpha value is -3.87. The molecule has 1 aromatic rings. The summed E-state index contributed by atoms with van der Waals surface area (Å²) in [5.41, 5.74) is -5.34. The number of Topliss-reactive ketones (excluding diaryl/α,β-unsaturated/α-hetero) is 1. The van der Waals surface area contributed by atoms with Gasteiger partial charge >= 0.3 is 29.8 Å². The predicted octanol–water partition coefficient (Wildman–Crippen LogP) is 4.04. The largest absolute Gasteiger partial charge is 0.459 e. The quantitative estimate of drug-likeness (QED) is 0.280. The summed E-state index contributed by atoms with van der Waals surface area (Å²) in [4.78, 5) is 85.1. The summed E-state index contributed by atoms with van der Waals surface area (Å²) >= 11 is 0. The number of fused-ring (bicyclic) bond motifs is 2. The number of hydrogen-bond acceptors (Lipinski definition) is 13. The fourth-order valence-corrected chi connectivity index (χ4v) is 10.6. The van der Waals surface area contributed by atoms with Crippen molar-refractivity contribution in [2.24, 2.45) is 46.8 Å². The Morgan fingerprint density at radius 3 is 2.20 bits per heavy atom. The normalized spacial score (nSPS) is 41.1. The first-order valence-corrected chi connectivity index (χ1v) is 17.9. The van der Waals surface area contributed by atoms with Gasteiger partial charge in [-0.3, -0.25) is 29.0 Å². The second-order valence-electron chi connectivity index (χ2n) is 16.3. The van der Waals surface area contributed by atoms with Gasteiger partial charge in [0.1, 0.15) is 17.3 Å². The molecule has 51 heavy (non-hydrogen) atoms. The number of esters is 5. The fraction of sp³-hybridized carbons (Fsp3) is 0.711. The molecule has 0 aromatic carbocycles. The Morgan fingerprint density at radius 1 is 0.922 bits per heavy atom. The van der Waals surface area contributed by atoms with E-state index in [1.54, 1.807) is 32.9 Å². The highest BCUT2D eigenvalue weighted by Crippen LogP contribution is 2.72. The van der Waals surface area contributed by atoms with Gasteiger partial charge in [0.15, 0.2) is 23.6 Å². The minimum absolute atomic E-state index is 0.0143. The molecule has 0 spiro atoms. The van der Waals surface area contributed by atoms with Crippen LogP contribution in [0.1, 0.15) is 91.9 Å². The van der Waals surface area contributed by atoms with Crippen molar-refractivity contribution in [3.8, 4) is 0 Å². The summed E-state index contributed by atoms with van der Waals surface area (Å²) in [7, 11) is 0. The average Bonchev–Trinajstić information content (AvgIpc) is 3.44. The van der Waals surface area contributed by atoms with Gasteiger partial charge in [-0.1, -0.05) is 27.7 Å². The lowest BCUT2D eigenvalue weighted by Crippen LogP contribution is -2.73. The molecule has 0 amide bonds. The molecule has 5 aliphatic rings. The zero-order valence-corrected chi connectivity index (χ0v) is 30.8. The van der Waals surface area contributed by atoms with Gasteiger partial charge in [0.2, 0.25) is 0 Å². The maximum absolute atomic E-state index is 15.3. The van der Waals surface area contributed by atoms with Crippen molar-refractivity contribution in [3.05, 3.63) is 30.1 Å². The molecule has 278 valence electrons. The molecule has 6 rings (SSSR count). The smallest absolute Gasteiger partial charge is 0.339 e. The molecule has 13 heteroatoms. The molecule has 2 heterocycles. The van der Waals surface area contributed by atoms with Crippen molar-refractivity contribution in [1.82, 2.24) is 4.98 Å². The summed E-state index contributed by atoms with van der Waals surface area (Å²) in [6, 6.07) is 3.18. The topological polar surface area (TPSA) is 171 Å². The van der Waals surface area contributed by atoms with E-state index >= 15 is 4.79 Å². The van der Waals surface area contributed by atoms with E-state index in [4.69, 9.17) is 28.4 Å². The second-order valence-corrected chi connectivity index (χ2v) is 16.3. The van der Waals surface area contributed by atoms with Crippen molar-refractivity contribution in [2.75, 3.05) is 6.61 Å². The van der Waals surface area contributed by atoms with Crippen LogP contribution in [-0.4, -0.2) is 82.3 Å². The number of carbonyl (C=O) groups is 6. The van der Waals surface area contributed by atoms with Gasteiger partial charge in [-0.05, 0) is 57.1 Å². The molecule has 5 fully saturated rings. The van der Waals surface area contributed by atoms with Crippen LogP contribution in [-0.2, 0) is 52.4 Å². The highest BCUT2D eigenvalue weighted by Gasteiger charge is 2.83. The van der Waals surface area contributed by atoms with E-state index in [-0.39, 0.29) is 43.1 Å². The maximum Gasteiger partial charge on any atom is 0.339 e. The van der Waals surface area contributed by atoms with Crippen LogP contribution >= 0.6 is 0 Å². The average molecular weight is 712 g/mol. The molecule has 4 aliphatic carbocycles. The molecule has 13 nitrogen and oxygen atoms in total. The first kappa shape index (κ1) is 36.9. The van der Waals surface area contributed by atoms with Crippen molar-refractivity contribution >= 4 is 35.6 Å². The fourth-order valence-electron chi connectivity index (χ4n) is 10.6. The monoisotopic (exact) mass is 711 g/mol. The lowest BCUT2D eigenvalue weighted by Gasteiger charge is -2.63. The zero-order chi connectivity index (χ0) is 37.4. The van der Waals surface area contributed by atoms with Crippen LogP contribution < -0.4 is 0 Å². The first-order valence-electron chi connectivity index (χ1n) is 17.9. The first-order chi connectivity index (χ1) is 23.8. The third-order valence-corrected chi connectivity index (χ3v) is 12.7. The molecule has 1 aromatic heterocycles. The number of ketones is 1. The number of nitrogens with zero attached hydrogens (tertiary/aromatic N) is 1. The van der Waals surface area contributed by atoms with Crippen molar-refractivity contribution in [2.45, 2.75) is 117 Å². The lowest BCUT2D eigenvalue weighted by atomic mass is 9.42. The van der Waals surface area contributed by atoms with Gasteiger partial charge in [0, 0.05) is 56.8 Å². The Labute approximate surface area is 297 Å². The number of hydrogen-bond donors (Lipinski definition) is 0. The zero-order valence-electron chi connectivity index (χ0n) is 30.8. The molecule has 1 unspecified atom stereocenters. The van der Waals surface area contributed by atoms with Gasteiger partial charge in [-0.25, -0.2) is 4.79 Å². The number of carbonyl (C=O) groups excluding carboxylic acids is 6. The maximum atomic E-state index is 15.3. The molecule has 1 aliphatic heterocycles. The number of ether oxygens (including phenoxy) is 6. The van der Waals surface area contributed by atoms with Crippen LogP contribution in [0, 0.1) is 46.8 Å². The number of pyridine rings is 1. The summed E-state index contributed by atoms with van der Waals surface area (Å²) < 4.78 is 37.6. The molecule has 13 atom stereocenters. The number of rotatable bonds is 8. The van der Waals surface area contributed by atoms with E-state index < -0.39 is 106 Å². The SMILES string of the molecule is CC(=O)O[C@H]1[C@]2(C)OC[C@@]3(C[C@H]4[C@@H](OC(=O)c5cccnc5)[C@@H](C)C[C@@]41OC(C)=O)C(=O)[C@H](OC(=O)C(C)C(C)C)[C@@H]1C[C@](C)(OC(C)=O)[C@@H]1[C@H]32. The highest BCUT2D eigenvalue weighted by atomic mass is 16.6. The van der Waals surface area contributed by atoms with Gasteiger partial charge in [0.25, 0.3) is 0 Å². The van der Waals surface area contributed by atoms with Crippen molar-refractivity contribution < 1.29 is 57.2 Å². The third-order valence-electron chi connectivity index (χ3n) is 12.7. The highest BCUT2D eigenvalue weighted by molar-refractivity contribution is 5.94. The lowest BCUT2D eigenvalue weighted by molar-refractivity contribution is -0.261. The Morgan fingerprint density at radius 2 is 1.61 bits per heavy atom. The van der Waals surface area contributed by atoms with Crippen molar-refractivity contribution in [3.63, 3.8) is 0 Å². The Kier molecular flexibility index (Phi) is 9.16. The Bertz CT molecular complexity index is 1630. The Balaban J connectivity index is 1.55. The van der Waals surface area contributed by atoms with Gasteiger partial charge in [-0.2, -0.15) is 0 Å². The standard InChI is InChI=1S/C38H49NO12/c1-18(2)20(4)32(44)49-29-25-14-35(8,50-22(6)41)27(25)30-36(9)34(47-21(5)40)38(51-23(7)42)13-19(3)28(48-33(45)24-11-10-12-39-16-24)26(38)15-37(30,17-46-36)31(29)43/h10-12,16,18-20,25-30,34H,13-15,17H2,1-9H3/t19-,20?,25+,26-,27-,28-,29+,30-,34-,35-,36+,37+,38+/m0/s1. The molecular formula is C38H49NO12. The molecule has 0 radical (unpaired) electrons. The van der Waals surface area contributed by atoms with Crippen LogP contribution in [0.4, 0.5) is 0 Å².